The third kappa shape index (κ3) is 3.90. The number of amides is 2. The Balaban J connectivity index is 1.86. The highest BCUT2D eigenvalue weighted by molar-refractivity contribution is 5.93. The minimum absolute atomic E-state index is 0.0244. The first kappa shape index (κ1) is 22.8. The van der Waals surface area contributed by atoms with Crippen LogP contribution < -0.4 is 5.32 Å². The fraction of sp³-hybridized carbons (Fsp3) is 0.792. The molecule has 168 valence electrons. The Morgan fingerprint density at radius 3 is 2.47 bits per heavy atom. The molecule has 1 saturated heterocycles. The molecule has 3 aliphatic rings. The van der Waals surface area contributed by atoms with E-state index in [9.17, 15) is 14.4 Å². The van der Waals surface area contributed by atoms with Gasteiger partial charge in [0, 0.05) is 17.9 Å². The standard InChI is InChI=1S/C24H38N2O4/c1-14(2)18-8-7-16(4)24(12-11-15(3)13-24)21(18)25-22(28)17(5)26-19(23(29)30-6)9-10-20(26)27/h13-14,16-19,21H,7-12H2,1-6H3,(H,25,28). The van der Waals surface area contributed by atoms with E-state index >= 15 is 0 Å². The Bertz CT molecular complexity index is 731. The van der Waals surface area contributed by atoms with Gasteiger partial charge in [0.05, 0.1) is 7.11 Å². The Morgan fingerprint density at radius 2 is 1.90 bits per heavy atom. The van der Waals surface area contributed by atoms with E-state index in [0.29, 0.717) is 24.2 Å². The van der Waals surface area contributed by atoms with Crippen LogP contribution in [0.25, 0.3) is 0 Å². The van der Waals surface area contributed by atoms with Gasteiger partial charge in [0.2, 0.25) is 11.8 Å². The molecule has 2 aliphatic carbocycles. The minimum Gasteiger partial charge on any atom is -0.467 e. The molecule has 0 aromatic heterocycles. The average molecular weight is 419 g/mol. The second-order valence-electron chi connectivity index (χ2n) is 10.0. The van der Waals surface area contributed by atoms with E-state index in [1.54, 1.807) is 6.92 Å². The average Bonchev–Trinajstić information content (AvgIpc) is 3.28. The van der Waals surface area contributed by atoms with Crippen LogP contribution in [0.1, 0.15) is 73.1 Å². The van der Waals surface area contributed by atoms with Gasteiger partial charge in [-0.25, -0.2) is 4.79 Å². The van der Waals surface area contributed by atoms with Gasteiger partial charge >= 0.3 is 5.97 Å². The van der Waals surface area contributed by atoms with E-state index in [2.05, 4.69) is 39.1 Å². The van der Waals surface area contributed by atoms with Gasteiger partial charge in [-0.1, -0.05) is 32.4 Å². The topological polar surface area (TPSA) is 75.7 Å². The number of allylic oxidation sites excluding steroid dienone is 1. The van der Waals surface area contributed by atoms with Gasteiger partial charge in [0.15, 0.2) is 0 Å². The van der Waals surface area contributed by atoms with E-state index in [4.69, 9.17) is 4.74 Å². The molecular weight excluding hydrogens is 380 g/mol. The normalized spacial score (nSPS) is 35.0. The first-order chi connectivity index (χ1) is 14.1. The van der Waals surface area contributed by atoms with Crippen LogP contribution >= 0.6 is 0 Å². The summed E-state index contributed by atoms with van der Waals surface area (Å²) in [6.45, 7) is 10.7. The van der Waals surface area contributed by atoms with Gasteiger partial charge in [-0.3, -0.25) is 9.59 Å². The Labute approximate surface area is 180 Å². The molecule has 1 aliphatic heterocycles. The van der Waals surface area contributed by atoms with Gasteiger partial charge in [0.25, 0.3) is 0 Å². The molecule has 6 unspecified atom stereocenters. The third-order valence-corrected chi connectivity index (χ3v) is 8.00. The number of esters is 1. The number of rotatable bonds is 5. The van der Waals surface area contributed by atoms with Crippen LogP contribution in [0.3, 0.4) is 0 Å². The van der Waals surface area contributed by atoms with Crippen molar-refractivity contribution in [3.05, 3.63) is 11.6 Å². The molecule has 1 heterocycles. The second kappa shape index (κ2) is 8.72. The molecule has 30 heavy (non-hydrogen) atoms. The summed E-state index contributed by atoms with van der Waals surface area (Å²) in [4.78, 5) is 39.5. The van der Waals surface area contributed by atoms with Crippen molar-refractivity contribution in [1.29, 1.82) is 0 Å². The number of nitrogens with one attached hydrogen (secondary N) is 1. The summed E-state index contributed by atoms with van der Waals surface area (Å²) in [7, 11) is 1.32. The van der Waals surface area contributed by atoms with Crippen molar-refractivity contribution >= 4 is 17.8 Å². The molecule has 6 heteroatoms. The zero-order valence-electron chi connectivity index (χ0n) is 19.4. The number of methoxy groups -OCH3 is 1. The maximum Gasteiger partial charge on any atom is 0.328 e. The van der Waals surface area contributed by atoms with Gasteiger partial charge in [-0.2, -0.15) is 0 Å². The number of hydrogen-bond acceptors (Lipinski definition) is 4. The highest BCUT2D eigenvalue weighted by Crippen LogP contribution is 2.53. The molecule has 0 bridgehead atoms. The van der Waals surface area contributed by atoms with Gasteiger partial charge in [-0.15, -0.1) is 0 Å². The fourth-order valence-corrected chi connectivity index (χ4v) is 6.15. The quantitative estimate of drug-likeness (QED) is 0.548. The number of carbonyl (C=O) groups excluding carboxylic acids is 3. The van der Waals surface area contributed by atoms with Crippen LogP contribution in [-0.4, -0.2) is 47.9 Å². The molecule has 3 rings (SSSR count). The van der Waals surface area contributed by atoms with Crippen molar-refractivity contribution in [2.24, 2.45) is 23.2 Å². The van der Waals surface area contributed by atoms with Crippen LogP contribution in [0.4, 0.5) is 0 Å². The van der Waals surface area contributed by atoms with Crippen molar-refractivity contribution < 1.29 is 19.1 Å². The molecule has 6 nitrogen and oxygen atoms in total. The summed E-state index contributed by atoms with van der Waals surface area (Å²) in [6.07, 6.45) is 7.51. The number of likely N-dealkylation sites (tertiary alicyclic amines) is 1. The molecule has 1 spiro atoms. The van der Waals surface area contributed by atoms with Gasteiger partial charge < -0.3 is 15.0 Å². The zero-order valence-corrected chi connectivity index (χ0v) is 19.4. The maximum absolute atomic E-state index is 13.4. The minimum atomic E-state index is -0.697. The van der Waals surface area contributed by atoms with Crippen molar-refractivity contribution in [1.82, 2.24) is 10.2 Å². The highest BCUT2D eigenvalue weighted by Gasteiger charge is 2.52. The number of ether oxygens (including phenoxy) is 1. The maximum atomic E-state index is 13.4. The second-order valence-corrected chi connectivity index (χ2v) is 10.0. The van der Waals surface area contributed by atoms with Crippen molar-refractivity contribution in [3.63, 3.8) is 0 Å². The van der Waals surface area contributed by atoms with Gasteiger partial charge in [-0.05, 0) is 63.7 Å². The van der Waals surface area contributed by atoms with Crippen LogP contribution in [0, 0.1) is 23.2 Å². The molecule has 0 aromatic carbocycles. The molecule has 0 aromatic rings. The summed E-state index contributed by atoms with van der Waals surface area (Å²) in [5.74, 6) is 0.586. The SMILES string of the molecule is COC(=O)C1CCC(=O)N1C(C)C(=O)NC1C(C(C)C)CCC(C)C12C=C(C)CC2. The molecule has 2 amide bonds. The molecule has 6 atom stereocenters. The summed E-state index contributed by atoms with van der Waals surface area (Å²) < 4.78 is 4.87. The van der Waals surface area contributed by atoms with Crippen molar-refractivity contribution in [2.75, 3.05) is 7.11 Å². The van der Waals surface area contributed by atoms with Crippen LogP contribution in [-0.2, 0) is 19.1 Å². The third-order valence-electron chi connectivity index (χ3n) is 8.00. The summed E-state index contributed by atoms with van der Waals surface area (Å²) in [6, 6.07) is -1.32. The zero-order chi connectivity index (χ0) is 22.2. The molecule has 2 fully saturated rings. The smallest absolute Gasteiger partial charge is 0.328 e. The molecular formula is C24H38N2O4. The molecule has 1 saturated carbocycles. The lowest BCUT2D eigenvalue weighted by Crippen LogP contribution is -2.60. The first-order valence-corrected chi connectivity index (χ1v) is 11.5. The largest absolute Gasteiger partial charge is 0.467 e. The number of carbonyl (C=O) groups is 3. The Hall–Kier alpha value is -1.85. The van der Waals surface area contributed by atoms with Crippen molar-refractivity contribution in [2.45, 2.75) is 91.3 Å². The lowest BCUT2D eigenvalue weighted by molar-refractivity contribution is -0.152. The predicted octanol–water partition coefficient (Wildman–Crippen LogP) is 3.45. The lowest BCUT2D eigenvalue weighted by Gasteiger charge is -2.51. The van der Waals surface area contributed by atoms with Crippen molar-refractivity contribution in [3.8, 4) is 0 Å². The molecule has 1 N–H and O–H groups in total. The van der Waals surface area contributed by atoms with E-state index in [1.807, 2.05) is 0 Å². The lowest BCUT2D eigenvalue weighted by atomic mass is 9.58. The van der Waals surface area contributed by atoms with E-state index < -0.39 is 18.1 Å². The van der Waals surface area contributed by atoms with E-state index in [1.165, 1.54) is 24.0 Å². The van der Waals surface area contributed by atoms with Gasteiger partial charge in [0.1, 0.15) is 12.1 Å². The van der Waals surface area contributed by atoms with Crippen LogP contribution in [0.5, 0.6) is 0 Å². The predicted molar refractivity (Wildman–Crippen MR) is 115 cm³/mol. The fourth-order valence-electron chi connectivity index (χ4n) is 6.15. The summed E-state index contributed by atoms with van der Waals surface area (Å²) in [5, 5.41) is 3.38. The van der Waals surface area contributed by atoms with E-state index in [0.717, 1.165) is 19.3 Å². The highest BCUT2D eigenvalue weighted by atomic mass is 16.5. The first-order valence-electron chi connectivity index (χ1n) is 11.5. The number of hydrogen-bond donors (Lipinski definition) is 1. The summed E-state index contributed by atoms with van der Waals surface area (Å²) in [5.41, 5.74) is 1.38. The van der Waals surface area contributed by atoms with E-state index in [-0.39, 0.29) is 29.7 Å². The van der Waals surface area contributed by atoms with Crippen LogP contribution in [0.2, 0.25) is 0 Å². The Morgan fingerprint density at radius 1 is 1.20 bits per heavy atom. The number of nitrogens with zero attached hydrogens (tertiary/aromatic N) is 1. The molecule has 0 radical (unpaired) electrons. The Kier molecular flexibility index (Phi) is 6.63. The summed E-state index contributed by atoms with van der Waals surface area (Å²) >= 11 is 0. The monoisotopic (exact) mass is 418 g/mol. The van der Waals surface area contributed by atoms with Crippen LogP contribution in [0.15, 0.2) is 11.6 Å².